The first-order valence-corrected chi connectivity index (χ1v) is 20.4. The lowest BCUT2D eigenvalue weighted by Crippen LogP contribution is -2.51. The van der Waals surface area contributed by atoms with Crippen LogP contribution in [0.3, 0.4) is 0 Å². The van der Waals surface area contributed by atoms with Crippen molar-refractivity contribution in [1.82, 2.24) is 30.6 Å². The minimum Gasteiger partial charge on any atom is -0.494 e. The maximum Gasteiger partial charge on any atom is 0.326 e. The summed E-state index contributed by atoms with van der Waals surface area (Å²) in [5.41, 5.74) is 5.59. The van der Waals surface area contributed by atoms with Crippen LogP contribution in [-0.2, 0) is 27.8 Å². The number of ether oxygens (including phenoxy) is 1. The SMILES string of the molecule is C=C(N[C@@H](Cc1ccc(-c2ncc(-c3ccc(OCCCCCCC)cc3)cn2)cc1)C(=O)NC(Cc1c[nH]c2ncccc12)C(=O)O)c1ccc(C(C)(C)C)s1. The van der Waals surface area contributed by atoms with Crippen LogP contribution in [0, 0.1) is 0 Å². The molecule has 0 spiro atoms. The van der Waals surface area contributed by atoms with Crippen molar-refractivity contribution >= 4 is 39.9 Å². The molecule has 0 aliphatic heterocycles. The number of pyridine rings is 1. The Morgan fingerprint density at radius 3 is 2.25 bits per heavy atom. The average Bonchev–Trinajstić information content (AvgIpc) is 3.88. The number of nitrogens with zero attached hydrogens (tertiary/aromatic N) is 3. The Labute approximate surface area is 338 Å². The van der Waals surface area contributed by atoms with Gasteiger partial charge in [-0.25, -0.2) is 19.7 Å². The predicted octanol–water partition coefficient (Wildman–Crippen LogP) is 9.38. The van der Waals surface area contributed by atoms with E-state index in [4.69, 9.17) is 4.74 Å². The zero-order chi connectivity index (χ0) is 40.4. The second-order valence-corrected chi connectivity index (χ2v) is 16.5. The minimum absolute atomic E-state index is 0.0356. The molecule has 0 bridgehead atoms. The number of carbonyl (C=O) groups excluding carboxylic acids is 1. The first-order chi connectivity index (χ1) is 27.5. The summed E-state index contributed by atoms with van der Waals surface area (Å²) in [6, 6.07) is 21.5. The van der Waals surface area contributed by atoms with Gasteiger partial charge in [0, 0.05) is 69.6 Å². The van der Waals surface area contributed by atoms with Crippen LogP contribution in [0.4, 0.5) is 0 Å². The third-order valence-electron chi connectivity index (χ3n) is 9.89. The van der Waals surface area contributed by atoms with Crippen molar-refractivity contribution in [1.29, 1.82) is 0 Å². The minimum atomic E-state index is -1.16. The van der Waals surface area contributed by atoms with E-state index in [0.29, 0.717) is 17.2 Å². The van der Waals surface area contributed by atoms with Gasteiger partial charge < -0.3 is 25.5 Å². The maximum absolute atomic E-state index is 14.0. The zero-order valence-corrected chi connectivity index (χ0v) is 34.0. The lowest BCUT2D eigenvalue weighted by molar-refractivity contribution is -0.142. The summed E-state index contributed by atoms with van der Waals surface area (Å²) in [7, 11) is 0. The number of aliphatic carboxylic acids is 1. The van der Waals surface area contributed by atoms with Crippen LogP contribution in [0.2, 0.25) is 0 Å². The number of aromatic amines is 1. The van der Waals surface area contributed by atoms with E-state index in [1.807, 2.05) is 73.1 Å². The summed E-state index contributed by atoms with van der Waals surface area (Å²) in [6.45, 7) is 13.7. The number of fused-ring (bicyclic) bond motifs is 1. The number of amides is 1. The number of nitrogens with one attached hydrogen (secondary N) is 3. The fourth-order valence-electron chi connectivity index (χ4n) is 6.56. The Hall–Kier alpha value is -5.81. The molecule has 0 fully saturated rings. The third kappa shape index (κ3) is 10.9. The Morgan fingerprint density at radius 2 is 1.56 bits per heavy atom. The summed E-state index contributed by atoms with van der Waals surface area (Å²) in [5, 5.41) is 17.1. The number of H-pyrrole nitrogens is 1. The molecule has 2 atom stereocenters. The molecular formula is C46H52N6O4S. The molecule has 0 radical (unpaired) electrons. The van der Waals surface area contributed by atoms with Crippen molar-refractivity contribution in [3.63, 3.8) is 0 Å². The molecule has 296 valence electrons. The standard InChI is InChI=1S/C46H52N6O4S/c1-6-7-8-9-10-24-56-36-19-17-32(18-20-36)35-28-48-42(49-29-35)33-15-13-31(14-16-33)25-38(51-30(2)40-21-22-41(57-40)46(3,4)5)44(53)52-39(45(54)55)26-34-27-50-43-37(34)12-11-23-47-43/h11-23,27-29,38-39,51H,2,6-10,24-26H2,1,3-5H3,(H,47,50)(H,52,53)(H,54,55)/t38-,39?/m0/s1. The van der Waals surface area contributed by atoms with Crippen molar-refractivity contribution in [3.05, 3.63) is 125 Å². The van der Waals surface area contributed by atoms with Gasteiger partial charge in [0.05, 0.1) is 6.61 Å². The van der Waals surface area contributed by atoms with Crippen LogP contribution >= 0.6 is 11.3 Å². The molecule has 1 unspecified atom stereocenters. The summed E-state index contributed by atoms with van der Waals surface area (Å²) < 4.78 is 5.92. The van der Waals surface area contributed by atoms with E-state index in [0.717, 1.165) is 56.9 Å². The number of hydrogen-bond donors (Lipinski definition) is 4. The molecule has 4 heterocycles. The Bertz CT molecular complexity index is 2260. The molecule has 1 amide bonds. The van der Waals surface area contributed by atoms with Crippen molar-refractivity contribution in [3.8, 4) is 28.3 Å². The molecule has 0 saturated heterocycles. The smallest absolute Gasteiger partial charge is 0.326 e. The molecule has 10 nitrogen and oxygen atoms in total. The Balaban J connectivity index is 1.13. The lowest BCUT2D eigenvalue weighted by Gasteiger charge is -2.23. The average molecular weight is 785 g/mol. The number of carboxylic acid groups (broad SMARTS) is 1. The number of carbonyl (C=O) groups is 2. The molecule has 0 aliphatic carbocycles. The quantitative estimate of drug-likeness (QED) is 0.0596. The molecule has 4 aromatic heterocycles. The second-order valence-electron chi connectivity index (χ2n) is 15.4. The van der Waals surface area contributed by atoms with Crippen LogP contribution in [0.1, 0.15) is 80.7 Å². The molecular weight excluding hydrogens is 733 g/mol. The number of benzene rings is 2. The van der Waals surface area contributed by atoms with Gasteiger partial charge in [-0.2, -0.15) is 0 Å². The monoisotopic (exact) mass is 784 g/mol. The summed E-state index contributed by atoms with van der Waals surface area (Å²) in [5.74, 6) is -0.133. The van der Waals surface area contributed by atoms with Crippen LogP contribution in [0.15, 0.2) is 104 Å². The van der Waals surface area contributed by atoms with Crippen molar-refractivity contribution in [2.45, 2.75) is 90.1 Å². The maximum atomic E-state index is 14.0. The summed E-state index contributed by atoms with van der Waals surface area (Å²) >= 11 is 1.62. The van der Waals surface area contributed by atoms with Gasteiger partial charge in [-0.15, -0.1) is 11.3 Å². The van der Waals surface area contributed by atoms with Crippen LogP contribution in [-0.4, -0.2) is 55.6 Å². The third-order valence-corrected chi connectivity index (χ3v) is 11.5. The van der Waals surface area contributed by atoms with Gasteiger partial charge in [0.1, 0.15) is 23.5 Å². The van der Waals surface area contributed by atoms with Crippen LogP contribution < -0.4 is 15.4 Å². The van der Waals surface area contributed by atoms with E-state index in [2.05, 4.69) is 70.9 Å². The molecule has 0 saturated carbocycles. The van der Waals surface area contributed by atoms with E-state index in [-0.39, 0.29) is 18.3 Å². The van der Waals surface area contributed by atoms with Gasteiger partial charge in [0.25, 0.3) is 0 Å². The molecule has 57 heavy (non-hydrogen) atoms. The molecule has 4 N–H and O–H groups in total. The van der Waals surface area contributed by atoms with Crippen LogP contribution in [0.25, 0.3) is 39.2 Å². The lowest BCUT2D eigenvalue weighted by atomic mass is 9.95. The second kappa shape index (κ2) is 18.9. The topological polar surface area (TPSA) is 142 Å². The fourth-order valence-corrected chi connectivity index (χ4v) is 7.56. The molecule has 6 rings (SSSR count). The molecule has 6 aromatic rings. The molecule has 0 aliphatic rings. The van der Waals surface area contributed by atoms with Crippen molar-refractivity contribution < 1.29 is 19.4 Å². The first kappa shape index (κ1) is 40.8. The Kier molecular flexibility index (Phi) is 13.5. The summed E-state index contributed by atoms with van der Waals surface area (Å²) in [4.78, 5) is 45.3. The highest BCUT2D eigenvalue weighted by Crippen LogP contribution is 2.32. The van der Waals surface area contributed by atoms with Gasteiger partial charge in [0.15, 0.2) is 5.82 Å². The normalized spacial score (nSPS) is 12.6. The first-order valence-electron chi connectivity index (χ1n) is 19.6. The van der Waals surface area contributed by atoms with Gasteiger partial charge >= 0.3 is 5.97 Å². The Morgan fingerprint density at radius 1 is 0.842 bits per heavy atom. The highest BCUT2D eigenvalue weighted by atomic mass is 32.1. The van der Waals surface area contributed by atoms with Crippen LogP contribution in [0.5, 0.6) is 5.75 Å². The predicted molar refractivity (Wildman–Crippen MR) is 229 cm³/mol. The molecule has 11 heteroatoms. The number of thiophene rings is 1. The van der Waals surface area contributed by atoms with Gasteiger partial charge in [-0.1, -0.05) is 96.4 Å². The zero-order valence-electron chi connectivity index (χ0n) is 33.2. The summed E-state index contributed by atoms with van der Waals surface area (Å²) in [6.07, 6.45) is 13.4. The van der Waals surface area contributed by atoms with Crippen molar-refractivity contribution in [2.24, 2.45) is 0 Å². The van der Waals surface area contributed by atoms with Gasteiger partial charge in [-0.3, -0.25) is 4.79 Å². The van der Waals surface area contributed by atoms with E-state index in [1.165, 1.54) is 30.6 Å². The van der Waals surface area contributed by atoms with Gasteiger partial charge in [-0.05, 0) is 64.9 Å². The van der Waals surface area contributed by atoms with E-state index in [9.17, 15) is 14.7 Å². The highest BCUT2D eigenvalue weighted by molar-refractivity contribution is 7.13. The number of aromatic nitrogens is 4. The van der Waals surface area contributed by atoms with E-state index < -0.39 is 24.0 Å². The largest absolute Gasteiger partial charge is 0.494 e. The van der Waals surface area contributed by atoms with Gasteiger partial charge in [0.2, 0.25) is 5.91 Å². The molecule has 2 aromatic carbocycles. The number of hydrogen-bond acceptors (Lipinski definition) is 8. The van der Waals surface area contributed by atoms with E-state index >= 15 is 0 Å². The fraction of sp³-hybridized carbons (Fsp3) is 0.326. The highest BCUT2D eigenvalue weighted by Gasteiger charge is 2.28. The van der Waals surface area contributed by atoms with Crippen molar-refractivity contribution in [2.75, 3.05) is 6.61 Å². The number of rotatable bonds is 19. The number of carboxylic acids is 1. The van der Waals surface area contributed by atoms with E-state index in [1.54, 1.807) is 29.8 Å². The number of unbranched alkanes of at least 4 members (excludes halogenated alkanes) is 4.